The topological polar surface area (TPSA) is 58.9 Å². The highest BCUT2D eigenvalue weighted by Crippen LogP contribution is 2.29. The van der Waals surface area contributed by atoms with E-state index in [4.69, 9.17) is 27.6 Å². The normalized spacial score (nSPS) is 12.0. The molecule has 0 spiro atoms. The summed E-state index contributed by atoms with van der Waals surface area (Å²) in [6.07, 6.45) is -2.02. The third-order valence-electron chi connectivity index (χ3n) is 3.26. The molecule has 0 bridgehead atoms. The molecule has 0 aliphatic carbocycles. The molecule has 3 rings (SSSR count). The zero-order chi connectivity index (χ0) is 18.9. The fourth-order valence-electron chi connectivity index (χ4n) is 2.18. The van der Waals surface area contributed by atoms with E-state index in [-0.39, 0.29) is 5.69 Å². The lowest BCUT2D eigenvalue weighted by Gasteiger charge is -2.05. The molecule has 0 aliphatic rings. The van der Waals surface area contributed by atoms with Crippen molar-refractivity contribution in [2.24, 2.45) is 0 Å². The van der Waals surface area contributed by atoms with Crippen LogP contribution in [0.25, 0.3) is 23.5 Å². The van der Waals surface area contributed by atoms with Gasteiger partial charge in [-0.15, -0.1) is 0 Å². The van der Waals surface area contributed by atoms with E-state index in [9.17, 15) is 18.0 Å². The van der Waals surface area contributed by atoms with Gasteiger partial charge in [0.15, 0.2) is 0 Å². The van der Waals surface area contributed by atoms with Crippen LogP contribution in [0.5, 0.6) is 0 Å². The van der Waals surface area contributed by atoms with Gasteiger partial charge in [0.1, 0.15) is 17.2 Å². The van der Waals surface area contributed by atoms with Crippen molar-refractivity contribution in [2.75, 3.05) is 0 Å². The first-order valence-corrected chi connectivity index (χ1v) is 7.89. The summed E-state index contributed by atoms with van der Waals surface area (Å²) in [7, 11) is 0. The Hall–Kier alpha value is -2.51. The highest BCUT2D eigenvalue weighted by atomic mass is 35.5. The number of benzene rings is 1. The van der Waals surface area contributed by atoms with Crippen LogP contribution in [0.1, 0.15) is 17.1 Å². The van der Waals surface area contributed by atoms with E-state index in [0.717, 1.165) is 6.07 Å². The molecule has 1 N–H and O–H groups in total. The number of hydrogen-bond donors (Lipinski definition) is 1. The summed E-state index contributed by atoms with van der Waals surface area (Å²) >= 11 is 11.9. The number of aromatic nitrogens is 2. The van der Waals surface area contributed by atoms with Crippen molar-refractivity contribution < 1.29 is 17.6 Å². The van der Waals surface area contributed by atoms with E-state index in [1.807, 2.05) is 0 Å². The Kier molecular flexibility index (Phi) is 4.93. The lowest BCUT2D eigenvalue weighted by molar-refractivity contribution is -0.141. The molecule has 0 saturated heterocycles. The number of alkyl halides is 3. The fraction of sp³-hybridized carbons (Fsp3) is 0.0588. The Morgan fingerprint density at radius 2 is 1.73 bits per heavy atom. The van der Waals surface area contributed by atoms with E-state index in [0.29, 0.717) is 27.1 Å². The molecule has 134 valence electrons. The molecule has 2 aromatic heterocycles. The van der Waals surface area contributed by atoms with E-state index in [1.54, 1.807) is 35.3 Å². The van der Waals surface area contributed by atoms with Crippen LogP contribution >= 0.6 is 23.2 Å². The lowest BCUT2D eigenvalue weighted by atomic mass is 10.2. The van der Waals surface area contributed by atoms with Crippen molar-refractivity contribution >= 4 is 35.4 Å². The van der Waals surface area contributed by atoms with Crippen LogP contribution in [0, 0.1) is 0 Å². The highest BCUT2D eigenvalue weighted by Gasteiger charge is 2.32. The van der Waals surface area contributed by atoms with Gasteiger partial charge in [-0.1, -0.05) is 23.2 Å². The SMILES string of the molecule is O=c1nc(C=Cc2ccc(-c3cc(Cl)cc(Cl)c3)o2)cc(C(F)(F)F)[nH]1. The van der Waals surface area contributed by atoms with Gasteiger partial charge in [0.25, 0.3) is 0 Å². The van der Waals surface area contributed by atoms with Gasteiger partial charge < -0.3 is 9.40 Å². The second-order valence-electron chi connectivity index (χ2n) is 5.22. The molecule has 4 nitrogen and oxygen atoms in total. The maximum Gasteiger partial charge on any atom is 0.431 e. The van der Waals surface area contributed by atoms with Crippen LogP contribution in [0.2, 0.25) is 10.0 Å². The summed E-state index contributed by atoms with van der Waals surface area (Å²) in [5.74, 6) is 0.829. The van der Waals surface area contributed by atoms with Crippen molar-refractivity contribution in [1.29, 1.82) is 0 Å². The minimum absolute atomic E-state index is 0.148. The number of H-pyrrole nitrogens is 1. The maximum absolute atomic E-state index is 12.7. The molecule has 9 heteroatoms. The molecule has 0 saturated carbocycles. The average molecular weight is 401 g/mol. The van der Waals surface area contributed by atoms with Gasteiger partial charge in [-0.3, -0.25) is 0 Å². The molecule has 1 aromatic carbocycles. The first-order chi connectivity index (χ1) is 12.2. The first-order valence-electron chi connectivity index (χ1n) is 7.14. The predicted molar refractivity (Wildman–Crippen MR) is 93.0 cm³/mol. The van der Waals surface area contributed by atoms with Gasteiger partial charge in [-0.25, -0.2) is 4.79 Å². The second kappa shape index (κ2) is 7.01. The molecule has 0 radical (unpaired) electrons. The zero-order valence-electron chi connectivity index (χ0n) is 12.8. The Morgan fingerprint density at radius 3 is 2.38 bits per heavy atom. The van der Waals surface area contributed by atoms with Crippen LogP contribution in [-0.4, -0.2) is 9.97 Å². The molecule has 3 aromatic rings. The minimum Gasteiger partial charge on any atom is -0.457 e. The number of nitrogens with one attached hydrogen (secondary N) is 1. The van der Waals surface area contributed by atoms with Gasteiger partial charge >= 0.3 is 11.9 Å². The number of halogens is 5. The van der Waals surface area contributed by atoms with Crippen LogP contribution in [0.15, 0.2) is 45.6 Å². The van der Waals surface area contributed by atoms with Crippen molar-refractivity contribution in [3.05, 3.63) is 74.1 Å². The molecular formula is C17H9Cl2F3N2O2. The second-order valence-corrected chi connectivity index (χ2v) is 6.09. The molecule has 2 heterocycles. The monoisotopic (exact) mass is 400 g/mol. The van der Waals surface area contributed by atoms with E-state index < -0.39 is 17.6 Å². The summed E-state index contributed by atoms with van der Waals surface area (Å²) in [5, 5.41) is 0.877. The standard InChI is InChI=1S/C17H9Cl2F3N2O2/c18-10-5-9(6-11(19)7-10)14-4-3-13(26-14)2-1-12-8-15(17(20,21)22)24-16(25)23-12/h1-8H,(H,23,24,25). The Bertz CT molecular complexity index is 1020. The Balaban J connectivity index is 1.88. The molecule has 0 fully saturated rings. The van der Waals surface area contributed by atoms with Crippen molar-refractivity contribution in [3.8, 4) is 11.3 Å². The molecule has 0 atom stereocenters. The van der Waals surface area contributed by atoms with E-state index in [2.05, 4.69) is 4.98 Å². The largest absolute Gasteiger partial charge is 0.457 e. The molecule has 0 aliphatic heterocycles. The van der Waals surface area contributed by atoms with E-state index >= 15 is 0 Å². The number of rotatable bonds is 3. The molecule has 0 amide bonds. The summed E-state index contributed by atoms with van der Waals surface area (Å²) < 4.78 is 43.7. The zero-order valence-corrected chi connectivity index (χ0v) is 14.3. The smallest absolute Gasteiger partial charge is 0.431 e. The molecule has 0 unspecified atom stereocenters. The van der Waals surface area contributed by atoms with Crippen molar-refractivity contribution in [1.82, 2.24) is 9.97 Å². The van der Waals surface area contributed by atoms with Gasteiger partial charge in [0.05, 0.1) is 5.69 Å². The van der Waals surface area contributed by atoms with E-state index in [1.165, 1.54) is 12.2 Å². The van der Waals surface area contributed by atoms with Gasteiger partial charge in [-0.05, 0) is 48.6 Å². The van der Waals surface area contributed by atoms with Gasteiger partial charge in [0.2, 0.25) is 0 Å². The van der Waals surface area contributed by atoms with Crippen LogP contribution in [0.4, 0.5) is 13.2 Å². The van der Waals surface area contributed by atoms with Crippen LogP contribution in [0.3, 0.4) is 0 Å². The highest BCUT2D eigenvalue weighted by molar-refractivity contribution is 6.35. The fourth-order valence-corrected chi connectivity index (χ4v) is 2.70. The third kappa shape index (κ3) is 4.36. The maximum atomic E-state index is 12.7. The summed E-state index contributed by atoms with van der Waals surface area (Å²) in [6, 6.07) is 8.90. The van der Waals surface area contributed by atoms with Crippen molar-refractivity contribution in [2.45, 2.75) is 6.18 Å². The average Bonchev–Trinajstić information content (AvgIpc) is 3.00. The number of aromatic amines is 1. The molecule has 26 heavy (non-hydrogen) atoms. The summed E-state index contributed by atoms with van der Waals surface area (Å²) in [4.78, 5) is 16.4. The lowest BCUT2D eigenvalue weighted by Crippen LogP contribution is -2.19. The van der Waals surface area contributed by atoms with Gasteiger partial charge in [-0.2, -0.15) is 18.2 Å². The van der Waals surface area contributed by atoms with Crippen LogP contribution in [-0.2, 0) is 6.18 Å². The number of furan rings is 1. The predicted octanol–water partition coefficient (Wildman–Crippen LogP) is 5.53. The minimum atomic E-state index is -4.67. The molecular weight excluding hydrogens is 392 g/mol. The summed E-state index contributed by atoms with van der Waals surface area (Å²) in [5.41, 5.74) is -1.76. The quantitative estimate of drug-likeness (QED) is 0.628. The van der Waals surface area contributed by atoms with Crippen molar-refractivity contribution in [3.63, 3.8) is 0 Å². The van der Waals surface area contributed by atoms with Gasteiger partial charge in [0, 0.05) is 15.6 Å². The Labute approximate surface area is 154 Å². The third-order valence-corrected chi connectivity index (χ3v) is 3.70. The first kappa shape index (κ1) is 18.3. The Morgan fingerprint density at radius 1 is 1.04 bits per heavy atom. The number of nitrogens with zero attached hydrogens (tertiary/aromatic N) is 1. The van der Waals surface area contributed by atoms with Crippen LogP contribution < -0.4 is 5.69 Å². The number of hydrogen-bond acceptors (Lipinski definition) is 3. The summed E-state index contributed by atoms with van der Waals surface area (Å²) in [6.45, 7) is 0.